The van der Waals surface area contributed by atoms with Crippen molar-refractivity contribution in [2.24, 2.45) is 5.92 Å². The van der Waals surface area contributed by atoms with Gasteiger partial charge in [0.1, 0.15) is 5.56 Å². The molecule has 3 fully saturated rings. The van der Waals surface area contributed by atoms with Crippen LogP contribution < -0.4 is 5.56 Å². The van der Waals surface area contributed by atoms with Crippen molar-refractivity contribution in [3.05, 3.63) is 33.7 Å². The fourth-order valence-corrected chi connectivity index (χ4v) is 5.31. The number of fused-ring (bicyclic) bond motifs is 4. The first-order valence-electron chi connectivity index (χ1n) is 9.35. The Bertz CT molecular complexity index is 893. The van der Waals surface area contributed by atoms with Crippen molar-refractivity contribution < 1.29 is 13.2 Å². The zero-order valence-electron chi connectivity index (χ0n) is 16.4. The van der Waals surface area contributed by atoms with Crippen molar-refractivity contribution in [3.63, 3.8) is 0 Å². The lowest BCUT2D eigenvalue weighted by atomic mass is 9.94. The Labute approximate surface area is 160 Å². The minimum Gasteiger partial charge on any atom is -0.334 e. The van der Waals surface area contributed by atoms with Crippen molar-refractivity contribution in [2.45, 2.75) is 39.3 Å². The average molecular weight is 397 g/mol. The van der Waals surface area contributed by atoms with Gasteiger partial charge in [-0.1, -0.05) is 0 Å². The molecular formula is C18H28N4O4S. The number of aryl methyl sites for hydroxylation is 1. The normalized spacial score (nSPS) is 23.7. The van der Waals surface area contributed by atoms with Gasteiger partial charge in [0, 0.05) is 52.0 Å². The zero-order valence-corrected chi connectivity index (χ0v) is 17.2. The summed E-state index contributed by atoms with van der Waals surface area (Å²) in [5.74, 6) is -0.206. The molecule has 0 unspecified atom stereocenters. The standard InChI is InChI=1S/C18H28N4O4S/c1-5-21-13(2)6-9-16(17(21)23)18(24)22-11-14-7-8-15(22)12-20(10-14)27(25,26)19(3)4/h6,9,14-15H,5,7-8,10-12H2,1-4H3/t14-,15+/m0/s1. The first kappa shape index (κ1) is 20.0. The quantitative estimate of drug-likeness (QED) is 0.743. The molecule has 1 aromatic heterocycles. The van der Waals surface area contributed by atoms with E-state index in [1.54, 1.807) is 21.6 Å². The largest absolute Gasteiger partial charge is 0.334 e. The van der Waals surface area contributed by atoms with Crippen LogP contribution in [0.15, 0.2) is 16.9 Å². The van der Waals surface area contributed by atoms with E-state index in [4.69, 9.17) is 0 Å². The van der Waals surface area contributed by atoms with Gasteiger partial charge in [0.15, 0.2) is 0 Å². The molecular weight excluding hydrogens is 368 g/mol. The molecule has 3 saturated heterocycles. The number of hydrogen-bond acceptors (Lipinski definition) is 4. The maximum atomic E-state index is 13.2. The summed E-state index contributed by atoms with van der Waals surface area (Å²) in [6.45, 7) is 5.40. The number of aromatic nitrogens is 1. The maximum Gasteiger partial charge on any atom is 0.281 e. The van der Waals surface area contributed by atoms with E-state index in [1.807, 2.05) is 13.8 Å². The Morgan fingerprint density at radius 1 is 1.19 bits per heavy atom. The predicted molar refractivity (Wildman–Crippen MR) is 103 cm³/mol. The third-order valence-corrected chi connectivity index (χ3v) is 7.54. The highest BCUT2D eigenvalue weighted by Crippen LogP contribution is 2.30. The fourth-order valence-electron chi connectivity index (χ4n) is 4.09. The molecule has 8 nitrogen and oxygen atoms in total. The third kappa shape index (κ3) is 3.55. The molecule has 3 aliphatic heterocycles. The molecule has 2 bridgehead atoms. The number of amides is 1. The summed E-state index contributed by atoms with van der Waals surface area (Å²) >= 11 is 0. The van der Waals surface area contributed by atoms with Crippen molar-refractivity contribution >= 4 is 16.1 Å². The van der Waals surface area contributed by atoms with Crippen molar-refractivity contribution in [1.82, 2.24) is 18.1 Å². The minimum absolute atomic E-state index is 0.0845. The van der Waals surface area contributed by atoms with E-state index < -0.39 is 10.2 Å². The van der Waals surface area contributed by atoms with Gasteiger partial charge in [-0.3, -0.25) is 9.59 Å². The summed E-state index contributed by atoms with van der Waals surface area (Å²) in [5.41, 5.74) is 0.706. The van der Waals surface area contributed by atoms with E-state index in [9.17, 15) is 18.0 Å². The van der Waals surface area contributed by atoms with E-state index in [0.29, 0.717) is 19.6 Å². The molecule has 0 saturated carbocycles. The van der Waals surface area contributed by atoms with Gasteiger partial charge < -0.3 is 9.47 Å². The van der Waals surface area contributed by atoms with Gasteiger partial charge in [0.25, 0.3) is 21.7 Å². The Balaban J connectivity index is 1.91. The Kier molecular flexibility index (Phi) is 5.47. The maximum absolute atomic E-state index is 13.2. The van der Waals surface area contributed by atoms with Crippen LogP contribution in [0.5, 0.6) is 0 Å². The molecule has 0 aliphatic carbocycles. The van der Waals surface area contributed by atoms with Crippen LogP contribution in [-0.4, -0.2) is 72.2 Å². The summed E-state index contributed by atoms with van der Waals surface area (Å²) < 4.78 is 29.4. The lowest BCUT2D eigenvalue weighted by Gasteiger charge is -2.36. The van der Waals surface area contributed by atoms with Crippen molar-refractivity contribution in [2.75, 3.05) is 33.7 Å². The summed E-state index contributed by atoms with van der Waals surface area (Å²) in [4.78, 5) is 27.6. The molecule has 9 heteroatoms. The second-order valence-electron chi connectivity index (χ2n) is 7.60. The molecule has 1 amide bonds. The zero-order chi connectivity index (χ0) is 19.9. The molecule has 0 radical (unpaired) electrons. The Hall–Kier alpha value is -1.71. The molecule has 0 N–H and O–H groups in total. The van der Waals surface area contributed by atoms with E-state index in [0.717, 1.165) is 18.5 Å². The highest BCUT2D eigenvalue weighted by molar-refractivity contribution is 7.86. The third-order valence-electron chi connectivity index (χ3n) is 5.67. The van der Waals surface area contributed by atoms with Crippen molar-refractivity contribution in [3.8, 4) is 0 Å². The van der Waals surface area contributed by atoms with Crippen LogP contribution >= 0.6 is 0 Å². The number of rotatable bonds is 4. The van der Waals surface area contributed by atoms with Crippen LogP contribution in [0.3, 0.4) is 0 Å². The summed E-state index contributed by atoms with van der Waals surface area (Å²) in [6.07, 6.45) is 1.64. The van der Waals surface area contributed by atoms with E-state index in [-0.39, 0.29) is 35.5 Å². The van der Waals surface area contributed by atoms with Gasteiger partial charge in [-0.05, 0) is 44.7 Å². The number of carbonyl (C=O) groups is 1. The fraction of sp³-hybridized carbons (Fsp3) is 0.667. The van der Waals surface area contributed by atoms with Gasteiger partial charge in [0.05, 0.1) is 0 Å². The molecule has 2 atom stereocenters. The molecule has 1 aromatic rings. The average Bonchev–Trinajstić information content (AvgIpc) is 2.94. The molecule has 27 heavy (non-hydrogen) atoms. The van der Waals surface area contributed by atoms with Gasteiger partial charge in [-0.25, -0.2) is 0 Å². The SMILES string of the molecule is CCn1c(C)ccc(C(=O)N2C[C@H]3CC[C@@H]2CN(S(=O)(=O)N(C)C)C3)c1=O. The van der Waals surface area contributed by atoms with Crippen LogP contribution in [0, 0.1) is 12.8 Å². The number of nitrogens with zero attached hydrogens (tertiary/aromatic N) is 4. The second-order valence-corrected chi connectivity index (χ2v) is 9.74. The van der Waals surface area contributed by atoms with Crippen LogP contribution in [0.4, 0.5) is 0 Å². The molecule has 4 heterocycles. The summed E-state index contributed by atoms with van der Waals surface area (Å²) in [5, 5.41) is 0. The van der Waals surface area contributed by atoms with Gasteiger partial charge in [0.2, 0.25) is 0 Å². The number of carbonyl (C=O) groups excluding carboxylic acids is 1. The summed E-state index contributed by atoms with van der Waals surface area (Å²) in [7, 11) is -0.488. The van der Waals surface area contributed by atoms with E-state index in [1.165, 1.54) is 22.7 Å². The first-order chi connectivity index (χ1) is 12.7. The van der Waals surface area contributed by atoms with Crippen molar-refractivity contribution in [1.29, 1.82) is 0 Å². The minimum atomic E-state index is -3.52. The van der Waals surface area contributed by atoms with Gasteiger partial charge >= 0.3 is 0 Å². The van der Waals surface area contributed by atoms with Crippen LogP contribution in [-0.2, 0) is 16.8 Å². The smallest absolute Gasteiger partial charge is 0.281 e. The molecule has 3 aliphatic rings. The molecule has 0 aromatic carbocycles. The first-order valence-corrected chi connectivity index (χ1v) is 10.8. The Morgan fingerprint density at radius 2 is 1.89 bits per heavy atom. The van der Waals surface area contributed by atoms with Gasteiger partial charge in [-0.2, -0.15) is 17.0 Å². The lowest BCUT2D eigenvalue weighted by Crippen LogP contribution is -2.49. The number of piperidine rings is 1. The van der Waals surface area contributed by atoms with E-state index in [2.05, 4.69) is 0 Å². The Morgan fingerprint density at radius 3 is 2.52 bits per heavy atom. The highest BCUT2D eigenvalue weighted by Gasteiger charge is 2.42. The molecule has 150 valence electrons. The second kappa shape index (κ2) is 7.37. The van der Waals surface area contributed by atoms with Crippen LogP contribution in [0.1, 0.15) is 35.8 Å². The lowest BCUT2D eigenvalue weighted by molar-refractivity contribution is 0.0586. The predicted octanol–water partition coefficient (Wildman–Crippen LogP) is 0.519. The van der Waals surface area contributed by atoms with Crippen LogP contribution in [0.25, 0.3) is 0 Å². The topological polar surface area (TPSA) is 82.9 Å². The number of pyridine rings is 1. The molecule has 4 rings (SSSR count). The number of hydrogen-bond donors (Lipinski definition) is 0. The monoisotopic (exact) mass is 396 g/mol. The summed E-state index contributed by atoms with van der Waals surface area (Å²) in [6, 6.07) is 3.18. The highest BCUT2D eigenvalue weighted by atomic mass is 32.2. The van der Waals surface area contributed by atoms with Gasteiger partial charge in [-0.15, -0.1) is 0 Å². The van der Waals surface area contributed by atoms with E-state index >= 15 is 0 Å². The van der Waals surface area contributed by atoms with Crippen LogP contribution in [0.2, 0.25) is 0 Å². The molecule has 0 spiro atoms.